The van der Waals surface area contributed by atoms with E-state index in [0.717, 1.165) is 37.2 Å². The lowest BCUT2D eigenvalue weighted by atomic mass is 10.0. The Morgan fingerprint density at radius 2 is 2.25 bits per heavy atom. The van der Waals surface area contributed by atoms with Crippen LogP contribution in [0.5, 0.6) is 0 Å². The van der Waals surface area contributed by atoms with Gasteiger partial charge < -0.3 is 14.7 Å². The van der Waals surface area contributed by atoms with E-state index < -0.39 is 5.97 Å². The third-order valence-electron chi connectivity index (χ3n) is 4.31. The van der Waals surface area contributed by atoms with E-state index in [0.29, 0.717) is 23.9 Å². The van der Waals surface area contributed by atoms with Gasteiger partial charge in [0.2, 0.25) is 0 Å². The number of aromatic carboxylic acids is 1. The van der Waals surface area contributed by atoms with E-state index in [2.05, 4.69) is 9.88 Å². The first kappa shape index (κ1) is 13.4. The largest absolute Gasteiger partial charge is 0.478 e. The molecule has 5 heteroatoms. The fraction of sp³-hybridized carbons (Fsp3) is 0.600. The van der Waals surface area contributed by atoms with Crippen molar-refractivity contribution in [3.05, 3.63) is 23.0 Å². The van der Waals surface area contributed by atoms with Crippen LogP contribution in [-0.4, -0.2) is 41.4 Å². The summed E-state index contributed by atoms with van der Waals surface area (Å²) in [7, 11) is 0. The summed E-state index contributed by atoms with van der Waals surface area (Å²) in [6.07, 6.45) is 3.55. The van der Waals surface area contributed by atoms with Gasteiger partial charge in [0.15, 0.2) is 0 Å². The highest BCUT2D eigenvalue weighted by atomic mass is 16.5. The van der Waals surface area contributed by atoms with Crippen LogP contribution in [0.3, 0.4) is 0 Å². The zero-order chi connectivity index (χ0) is 14.3. The summed E-state index contributed by atoms with van der Waals surface area (Å²) in [5, 5.41) is 9.51. The summed E-state index contributed by atoms with van der Waals surface area (Å²) in [6.45, 7) is 5.10. The third-order valence-corrected chi connectivity index (χ3v) is 4.31. The number of hydrogen-bond donors (Lipinski definition) is 1. The summed E-state index contributed by atoms with van der Waals surface area (Å²) in [5.41, 5.74) is 2.60. The Morgan fingerprint density at radius 3 is 3.00 bits per heavy atom. The minimum absolute atomic E-state index is 0.249. The molecule has 1 N–H and O–H groups in total. The van der Waals surface area contributed by atoms with E-state index in [9.17, 15) is 9.90 Å². The molecule has 2 unspecified atom stereocenters. The Hall–Kier alpha value is -1.62. The number of carboxylic acid groups (broad SMARTS) is 1. The number of nitrogens with zero attached hydrogens (tertiary/aromatic N) is 2. The predicted octanol–water partition coefficient (Wildman–Crippen LogP) is 2.15. The molecular formula is C15H20N2O3. The Morgan fingerprint density at radius 1 is 1.45 bits per heavy atom. The molecule has 2 atom stereocenters. The van der Waals surface area contributed by atoms with E-state index in [1.54, 1.807) is 6.92 Å². The Labute approximate surface area is 118 Å². The number of hydrogen-bond acceptors (Lipinski definition) is 4. The van der Waals surface area contributed by atoms with Gasteiger partial charge in [-0.05, 0) is 39.2 Å². The summed E-state index contributed by atoms with van der Waals surface area (Å²) < 4.78 is 5.81. The fourth-order valence-electron chi connectivity index (χ4n) is 3.52. The number of carbonyl (C=O) groups is 1. The van der Waals surface area contributed by atoms with Crippen molar-refractivity contribution >= 4 is 11.7 Å². The van der Waals surface area contributed by atoms with Gasteiger partial charge in [0.25, 0.3) is 0 Å². The standard InChI is InChI=1S/C15H20N2O3/c1-9-8-12(14(15(18)19)10(2)16-9)17-6-7-20-13-5-3-4-11(13)17/h8,11,13H,3-7H2,1-2H3,(H,18,19). The van der Waals surface area contributed by atoms with Crippen LogP contribution in [0, 0.1) is 13.8 Å². The van der Waals surface area contributed by atoms with Crippen LogP contribution >= 0.6 is 0 Å². The molecule has 0 radical (unpaired) electrons. The van der Waals surface area contributed by atoms with E-state index in [4.69, 9.17) is 4.74 Å². The zero-order valence-corrected chi connectivity index (χ0v) is 11.9. The first-order valence-electron chi connectivity index (χ1n) is 7.17. The Kier molecular flexibility index (Phi) is 3.38. The highest BCUT2D eigenvalue weighted by Gasteiger charge is 2.37. The number of rotatable bonds is 2. The van der Waals surface area contributed by atoms with E-state index in [1.165, 1.54) is 0 Å². The maximum atomic E-state index is 11.6. The highest BCUT2D eigenvalue weighted by molar-refractivity contribution is 5.95. The van der Waals surface area contributed by atoms with Gasteiger partial charge >= 0.3 is 5.97 Å². The second-order valence-electron chi connectivity index (χ2n) is 5.65. The van der Waals surface area contributed by atoms with Gasteiger partial charge in [-0.3, -0.25) is 4.98 Å². The molecule has 0 aromatic carbocycles. The minimum atomic E-state index is -0.897. The molecule has 2 heterocycles. The second kappa shape index (κ2) is 5.05. The van der Waals surface area contributed by atoms with Crippen molar-refractivity contribution in [2.24, 2.45) is 0 Å². The quantitative estimate of drug-likeness (QED) is 0.896. The van der Waals surface area contributed by atoms with Crippen LogP contribution in [0.15, 0.2) is 6.07 Å². The molecule has 1 saturated heterocycles. The molecule has 1 aromatic heterocycles. The normalized spacial score (nSPS) is 25.6. The van der Waals surface area contributed by atoms with Gasteiger partial charge in [-0.1, -0.05) is 0 Å². The minimum Gasteiger partial charge on any atom is -0.478 e. The average molecular weight is 276 g/mol. The predicted molar refractivity (Wildman–Crippen MR) is 75.4 cm³/mol. The SMILES string of the molecule is Cc1cc(N2CCOC3CCCC32)c(C(=O)O)c(C)n1. The lowest BCUT2D eigenvalue weighted by Gasteiger charge is -2.40. The molecule has 1 aromatic rings. The van der Waals surface area contributed by atoms with E-state index in [1.807, 2.05) is 13.0 Å². The van der Waals surface area contributed by atoms with Crippen molar-refractivity contribution in [1.82, 2.24) is 4.98 Å². The summed E-state index contributed by atoms with van der Waals surface area (Å²) >= 11 is 0. The van der Waals surface area contributed by atoms with Crippen molar-refractivity contribution in [3.8, 4) is 0 Å². The van der Waals surface area contributed by atoms with Gasteiger partial charge in [-0.2, -0.15) is 0 Å². The van der Waals surface area contributed by atoms with Crippen LogP contribution in [0.4, 0.5) is 5.69 Å². The molecule has 2 fully saturated rings. The number of aryl methyl sites for hydroxylation is 2. The molecule has 20 heavy (non-hydrogen) atoms. The van der Waals surface area contributed by atoms with Gasteiger partial charge in [-0.15, -0.1) is 0 Å². The molecule has 108 valence electrons. The Balaban J connectivity index is 2.06. The molecule has 3 rings (SSSR count). The van der Waals surface area contributed by atoms with Crippen molar-refractivity contribution in [1.29, 1.82) is 0 Å². The maximum absolute atomic E-state index is 11.6. The number of pyridine rings is 1. The molecule has 5 nitrogen and oxygen atoms in total. The van der Waals surface area contributed by atoms with Crippen molar-refractivity contribution in [3.63, 3.8) is 0 Å². The maximum Gasteiger partial charge on any atom is 0.339 e. The van der Waals surface area contributed by atoms with E-state index >= 15 is 0 Å². The molecule has 1 saturated carbocycles. The smallest absolute Gasteiger partial charge is 0.339 e. The number of morpholine rings is 1. The molecule has 1 aliphatic carbocycles. The Bertz CT molecular complexity index is 544. The van der Waals surface area contributed by atoms with Crippen LogP contribution < -0.4 is 4.90 Å². The van der Waals surface area contributed by atoms with Crippen LogP contribution in [-0.2, 0) is 4.74 Å². The molecule has 1 aliphatic heterocycles. The topological polar surface area (TPSA) is 62.7 Å². The summed E-state index contributed by atoms with van der Waals surface area (Å²) in [5.74, 6) is -0.897. The molecule has 0 bridgehead atoms. The van der Waals surface area contributed by atoms with Crippen molar-refractivity contribution in [2.45, 2.75) is 45.3 Å². The molecule has 2 aliphatic rings. The van der Waals surface area contributed by atoms with Crippen molar-refractivity contribution in [2.75, 3.05) is 18.1 Å². The van der Waals surface area contributed by atoms with Crippen molar-refractivity contribution < 1.29 is 14.6 Å². The summed E-state index contributed by atoms with van der Waals surface area (Å²) in [4.78, 5) is 18.1. The lowest BCUT2D eigenvalue weighted by molar-refractivity contribution is 0.0254. The second-order valence-corrected chi connectivity index (χ2v) is 5.65. The number of anilines is 1. The van der Waals surface area contributed by atoms with Crippen LogP contribution in [0.2, 0.25) is 0 Å². The van der Waals surface area contributed by atoms with E-state index in [-0.39, 0.29) is 6.10 Å². The average Bonchev–Trinajstić information content (AvgIpc) is 2.84. The number of fused-ring (bicyclic) bond motifs is 1. The zero-order valence-electron chi connectivity index (χ0n) is 11.9. The molecule has 0 spiro atoms. The van der Waals surface area contributed by atoms with Gasteiger partial charge in [0, 0.05) is 12.2 Å². The van der Waals surface area contributed by atoms with Gasteiger partial charge in [0.05, 0.1) is 30.1 Å². The number of aromatic nitrogens is 1. The fourth-order valence-corrected chi connectivity index (χ4v) is 3.52. The number of carboxylic acids is 1. The lowest BCUT2D eigenvalue weighted by Crippen LogP contribution is -2.49. The third kappa shape index (κ3) is 2.16. The number of ether oxygens (including phenoxy) is 1. The monoisotopic (exact) mass is 276 g/mol. The molecular weight excluding hydrogens is 256 g/mol. The first-order valence-corrected chi connectivity index (χ1v) is 7.17. The van der Waals surface area contributed by atoms with Gasteiger partial charge in [-0.25, -0.2) is 4.79 Å². The van der Waals surface area contributed by atoms with Crippen LogP contribution in [0.25, 0.3) is 0 Å². The first-order chi connectivity index (χ1) is 9.58. The highest BCUT2D eigenvalue weighted by Crippen LogP contribution is 2.35. The summed E-state index contributed by atoms with van der Waals surface area (Å²) in [6, 6.07) is 2.21. The van der Waals surface area contributed by atoms with Crippen LogP contribution in [0.1, 0.15) is 41.0 Å². The molecule has 0 amide bonds. The van der Waals surface area contributed by atoms with Gasteiger partial charge in [0.1, 0.15) is 5.56 Å².